The van der Waals surface area contributed by atoms with Crippen molar-refractivity contribution in [2.45, 2.75) is 70.4 Å². The van der Waals surface area contributed by atoms with Crippen molar-refractivity contribution in [2.75, 3.05) is 76.3 Å². The van der Waals surface area contributed by atoms with Crippen LogP contribution in [-0.2, 0) is 10.9 Å². The minimum atomic E-state index is -5.13. The zero-order chi connectivity index (χ0) is 40.8. The summed E-state index contributed by atoms with van der Waals surface area (Å²) < 4.78 is 104. The first-order valence-electron chi connectivity index (χ1n) is 19.3. The number of fused-ring (bicyclic) bond motifs is 3. The molecule has 4 aromatic rings. The number of hydrogen-bond acceptors (Lipinski definition) is 10. The van der Waals surface area contributed by atoms with Crippen LogP contribution >= 0.6 is 11.3 Å². The molecular formula is C39H44F6N8O3S. The van der Waals surface area contributed by atoms with Crippen molar-refractivity contribution in [2.24, 2.45) is 0 Å². The molecule has 18 heteroatoms. The highest BCUT2D eigenvalue weighted by Gasteiger charge is 2.49. The number of carbonyl (C=O) groups is 1. The van der Waals surface area contributed by atoms with Crippen molar-refractivity contribution in [3.63, 3.8) is 0 Å². The predicted octanol–water partition coefficient (Wildman–Crippen LogP) is 7.60. The standard InChI is InChI=1S/C37H38F6N8O3S.C2H6/c1-2-51(21-6-9-49(18-21)35(52)48-10-12-53-13-11-48)33-23-14-25(37(41,42)43)28(22-4-5-26(39)31-27(22)24(16-44)32(45)55-31)29(40)30(23)46-34(47-33)54-19-36-7-3-8-50(36)17-20(38)15-36;1-2/h4-5,14,20-21H,2-3,6-13,15,17-19,45H2,1H3;1-2H3. The molecule has 0 saturated carbocycles. The molecule has 2 aromatic carbocycles. The first kappa shape index (κ1) is 40.6. The van der Waals surface area contributed by atoms with Gasteiger partial charge in [0, 0.05) is 68.1 Å². The molecule has 4 fully saturated rings. The summed E-state index contributed by atoms with van der Waals surface area (Å²) in [5.41, 5.74) is 1.90. The predicted molar refractivity (Wildman–Crippen MR) is 205 cm³/mol. The number of ether oxygens (including phenoxy) is 2. The fourth-order valence-corrected chi connectivity index (χ4v) is 9.77. The lowest BCUT2D eigenvalue weighted by Gasteiger charge is -2.33. The monoisotopic (exact) mass is 818 g/mol. The van der Waals surface area contributed by atoms with E-state index < -0.39 is 52.2 Å². The second-order valence-electron chi connectivity index (χ2n) is 14.5. The number of hydrogen-bond donors (Lipinski definition) is 1. The van der Waals surface area contributed by atoms with E-state index in [0.29, 0.717) is 63.6 Å². The van der Waals surface area contributed by atoms with Gasteiger partial charge in [0.25, 0.3) is 0 Å². The van der Waals surface area contributed by atoms with Crippen LogP contribution in [0.15, 0.2) is 18.2 Å². The molecule has 0 spiro atoms. The minimum absolute atomic E-state index is 0.0246. The van der Waals surface area contributed by atoms with Crippen LogP contribution in [0.2, 0.25) is 0 Å². The van der Waals surface area contributed by atoms with Crippen LogP contribution in [-0.4, -0.2) is 114 Å². The van der Waals surface area contributed by atoms with E-state index in [1.807, 2.05) is 24.8 Å². The molecule has 11 nitrogen and oxygen atoms in total. The summed E-state index contributed by atoms with van der Waals surface area (Å²) in [6.45, 7) is 9.24. The van der Waals surface area contributed by atoms with Gasteiger partial charge in [0.2, 0.25) is 0 Å². The topological polar surface area (TPSA) is 124 Å². The van der Waals surface area contributed by atoms with Crippen LogP contribution in [0.4, 0.5) is 42.0 Å². The van der Waals surface area contributed by atoms with Crippen molar-refractivity contribution in [3.8, 4) is 23.2 Å². The number of halogens is 6. The number of amides is 2. The third-order valence-electron chi connectivity index (χ3n) is 11.4. The Labute approximate surface area is 329 Å². The Morgan fingerprint density at radius 3 is 2.60 bits per heavy atom. The molecule has 2 amide bonds. The Balaban J connectivity index is 0.00000244. The zero-order valence-electron chi connectivity index (χ0n) is 31.9. The second kappa shape index (κ2) is 16.0. The third kappa shape index (κ3) is 7.26. The van der Waals surface area contributed by atoms with Crippen LogP contribution in [0.25, 0.3) is 32.1 Å². The molecular weight excluding hydrogens is 775 g/mol. The number of anilines is 2. The van der Waals surface area contributed by atoms with E-state index in [0.717, 1.165) is 24.6 Å². The van der Waals surface area contributed by atoms with Crippen molar-refractivity contribution >= 4 is 49.2 Å². The average molecular weight is 819 g/mol. The summed E-state index contributed by atoms with van der Waals surface area (Å²) in [6, 6.07) is 3.63. The number of nitriles is 1. The molecule has 3 atom stereocenters. The number of morpholine rings is 1. The van der Waals surface area contributed by atoms with Gasteiger partial charge in [-0.3, -0.25) is 4.90 Å². The molecule has 6 heterocycles. The van der Waals surface area contributed by atoms with Crippen molar-refractivity contribution in [1.82, 2.24) is 24.7 Å². The van der Waals surface area contributed by atoms with E-state index in [1.165, 1.54) is 0 Å². The van der Waals surface area contributed by atoms with Gasteiger partial charge in [0.05, 0.1) is 34.6 Å². The average Bonchev–Trinajstić information content (AvgIpc) is 3.98. The zero-order valence-corrected chi connectivity index (χ0v) is 32.7. The summed E-state index contributed by atoms with van der Waals surface area (Å²) in [6.07, 6.45) is -4.03. The Kier molecular flexibility index (Phi) is 11.4. The highest BCUT2D eigenvalue weighted by Crippen LogP contribution is 2.48. The lowest BCUT2D eigenvalue weighted by atomic mass is 9.92. The summed E-state index contributed by atoms with van der Waals surface area (Å²) in [5.74, 6) is -2.23. The second-order valence-corrected chi connectivity index (χ2v) is 15.6. The largest absolute Gasteiger partial charge is 0.461 e. The Bertz CT molecular complexity index is 2210. The van der Waals surface area contributed by atoms with Crippen LogP contribution in [0.3, 0.4) is 0 Å². The first-order valence-corrected chi connectivity index (χ1v) is 20.1. The smallest absolute Gasteiger partial charge is 0.417 e. The highest BCUT2D eigenvalue weighted by molar-refractivity contribution is 7.23. The van der Waals surface area contributed by atoms with E-state index in [1.54, 1.807) is 21.6 Å². The number of aromatic nitrogens is 2. The number of nitrogens with zero attached hydrogens (tertiary/aromatic N) is 7. The molecule has 57 heavy (non-hydrogen) atoms. The van der Waals surface area contributed by atoms with E-state index in [4.69, 9.17) is 15.2 Å². The molecule has 2 aromatic heterocycles. The maximum Gasteiger partial charge on any atom is 0.417 e. The van der Waals surface area contributed by atoms with E-state index in [2.05, 4.69) is 9.97 Å². The Morgan fingerprint density at radius 1 is 1.14 bits per heavy atom. The number of likely N-dealkylation sites (N-methyl/N-ethyl adjacent to an activating group) is 1. The normalized spacial score (nSPS) is 22.5. The minimum Gasteiger partial charge on any atom is -0.461 e. The Hall–Kier alpha value is -4.60. The van der Waals surface area contributed by atoms with Gasteiger partial charge in [-0.25, -0.2) is 18.0 Å². The van der Waals surface area contributed by atoms with Gasteiger partial charge >= 0.3 is 18.2 Å². The van der Waals surface area contributed by atoms with Gasteiger partial charge < -0.3 is 29.9 Å². The summed E-state index contributed by atoms with van der Waals surface area (Å²) in [7, 11) is 0. The van der Waals surface area contributed by atoms with Gasteiger partial charge in [0.15, 0.2) is 5.82 Å². The summed E-state index contributed by atoms with van der Waals surface area (Å²) in [4.78, 5) is 29.5. The molecule has 8 rings (SSSR count). The molecule has 2 N–H and O–H groups in total. The number of rotatable bonds is 7. The van der Waals surface area contributed by atoms with E-state index in [9.17, 15) is 14.4 Å². The molecule has 0 aliphatic carbocycles. The van der Waals surface area contributed by atoms with Gasteiger partial charge in [-0.1, -0.05) is 19.9 Å². The lowest BCUT2D eigenvalue weighted by molar-refractivity contribution is -0.137. The van der Waals surface area contributed by atoms with Crippen molar-refractivity contribution < 1.29 is 40.6 Å². The van der Waals surface area contributed by atoms with Crippen LogP contribution < -0.4 is 15.4 Å². The summed E-state index contributed by atoms with van der Waals surface area (Å²) in [5, 5.41) is 9.27. The van der Waals surface area contributed by atoms with Crippen LogP contribution in [0, 0.1) is 23.0 Å². The molecule has 3 unspecified atom stereocenters. The number of carbonyl (C=O) groups excluding carboxylic acids is 1. The number of likely N-dealkylation sites (tertiary alicyclic amines) is 1. The van der Waals surface area contributed by atoms with Gasteiger partial charge in [-0.05, 0) is 50.4 Å². The molecule has 4 saturated heterocycles. The first-order chi connectivity index (χ1) is 27.3. The third-order valence-corrected chi connectivity index (χ3v) is 12.4. The van der Waals surface area contributed by atoms with Gasteiger partial charge in [-0.2, -0.15) is 28.4 Å². The van der Waals surface area contributed by atoms with Crippen molar-refractivity contribution in [1.29, 1.82) is 5.26 Å². The van der Waals surface area contributed by atoms with Crippen LogP contribution in [0.1, 0.15) is 57.6 Å². The number of nitrogens with two attached hydrogens (primary N) is 1. The number of nitrogen functional groups attached to an aromatic ring is 1. The number of benzene rings is 2. The fourth-order valence-electron chi connectivity index (χ4n) is 8.82. The number of urea groups is 1. The Morgan fingerprint density at radius 2 is 1.89 bits per heavy atom. The highest BCUT2D eigenvalue weighted by atomic mass is 32.1. The molecule has 4 aliphatic rings. The van der Waals surface area contributed by atoms with Crippen LogP contribution in [0.5, 0.6) is 6.01 Å². The van der Waals surface area contributed by atoms with Gasteiger partial charge in [0.1, 0.15) is 41.0 Å². The lowest BCUT2D eigenvalue weighted by Crippen LogP contribution is -2.48. The maximum absolute atomic E-state index is 17.3. The quantitative estimate of drug-likeness (QED) is 0.188. The van der Waals surface area contributed by atoms with E-state index in [-0.39, 0.29) is 82.1 Å². The van der Waals surface area contributed by atoms with E-state index >= 15 is 22.0 Å². The number of thiophene rings is 1. The molecule has 0 radical (unpaired) electrons. The fraction of sp³-hybridized carbons (Fsp3) is 0.538. The SMILES string of the molecule is CC.CCN(c1nc(OCC23CCCN2CC(F)C3)nc2c(F)c(-c3ccc(F)c4sc(N)c(C#N)c34)c(C(F)(F)F)cc12)C1CCN(C(=O)N2CCOCC2)C1. The maximum atomic E-state index is 17.3. The molecule has 4 aliphatic heterocycles. The number of alkyl halides is 4. The van der Waals surface area contributed by atoms with Crippen molar-refractivity contribution in [3.05, 3.63) is 41.0 Å². The summed E-state index contributed by atoms with van der Waals surface area (Å²) >= 11 is 0.681. The molecule has 306 valence electrons. The van der Waals surface area contributed by atoms with Gasteiger partial charge in [-0.15, -0.1) is 11.3 Å². The molecule has 0 bridgehead atoms.